The summed E-state index contributed by atoms with van der Waals surface area (Å²) >= 11 is 0. The van der Waals surface area contributed by atoms with E-state index in [1.165, 1.54) is 16.4 Å². The number of nitrogens with zero attached hydrogens (tertiary/aromatic N) is 2. The second-order valence-electron chi connectivity index (χ2n) is 8.68. The molecule has 34 heavy (non-hydrogen) atoms. The number of aryl methyl sites for hydroxylation is 1. The van der Waals surface area contributed by atoms with Crippen LogP contribution in [0.1, 0.15) is 70.8 Å². The van der Waals surface area contributed by atoms with Gasteiger partial charge in [-0.3, -0.25) is 9.69 Å². The number of ether oxygens (including phenoxy) is 1. The van der Waals surface area contributed by atoms with Gasteiger partial charge in [0.25, 0.3) is 0 Å². The molecule has 1 aliphatic heterocycles. The summed E-state index contributed by atoms with van der Waals surface area (Å²) in [7, 11) is -3.64. The Balaban J connectivity index is 1.68. The SMILES string of the molecule is CCCC(=O)c1ccc(S(=O)(=O)N2CCCN(Cc3c(C)[nH]c(C(=O)OCC)c3C)CC2)cc1. The number of esters is 1. The number of rotatable bonds is 9. The number of sulfonamides is 1. The predicted molar refractivity (Wildman–Crippen MR) is 131 cm³/mol. The molecule has 1 saturated heterocycles. The summed E-state index contributed by atoms with van der Waals surface area (Å²) in [6.07, 6.45) is 1.92. The molecular weight excluding hydrogens is 454 g/mol. The molecule has 0 atom stereocenters. The van der Waals surface area contributed by atoms with Gasteiger partial charge < -0.3 is 9.72 Å². The van der Waals surface area contributed by atoms with Crippen molar-refractivity contribution >= 4 is 21.8 Å². The number of carbonyl (C=O) groups is 2. The van der Waals surface area contributed by atoms with E-state index in [-0.39, 0.29) is 16.6 Å². The average molecular weight is 490 g/mol. The van der Waals surface area contributed by atoms with Crippen LogP contribution in [0.3, 0.4) is 0 Å². The third-order valence-electron chi connectivity index (χ3n) is 6.29. The summed E-state index contributed by atoms with van der Waals surface area (Å²) < 4.78 is 33.1. The lowest BCUT2D eigenvalue weighted by molar-refractivity contribution is 0.0519. The molecule has 1 aliphatic rings. The maximum absolute atomic E-state index is 13.2. The second kappa shape index (κ2) is 11.3. The topological polar surface area (TPSA) is 99.8 Å². The van der Waals surface area contributed by atoms with Gasteiger partial charge in [0, 0.05) is 43.9 Å². The Morgan fingerprint density at radius 3 is 2.38 bits per heavy atom. The van der Waals surface area contributed by atoms with Crippen molar-refractivity contribution in [3.05, 3.63) is 52.3 Å². The molecule has 8 nitrogen and oxygen atoms in total. The monoisotopic (exact) mass is 489 g/mol. The van der Waals surface area contributed by atoms with Crippen LogP contribution in [0.4, 0.5) is 0 Å². The van der Waals surface area contributed by atoms with Crippen LogP contribution in [0, 0.1) is 13.8 Å². The molecular formula is C25H35N3O5S. The third-order valence-corrected chi connectivity index (χ3v) is 8.21. The predicted octanol–water partition coefficient (Wildman–Crippen LogP) is 3.69. The normalized spacial score (nSPS) is 15.8. The van der Waals surface area contributed by atoms with Gasteiger partial charge in [0.1, 0.15) is 5.69 Å². The zero-order valence-corrected chi connectivity index (χ0v) is 21.3. The number of ketones is 1. The van der Waals surface area contributed by atoms with Crippen molar-refractivity contribution < 1.29 is 22.7 Å². The Bertz CT molecular complexity index is 1120. The number of carbonyl (C=O) groups excluding carboxylic acids is 2. The Kier molecular flexibility index (Phi) is 8.67. The highest BCUT2D eigenvalue weighted by atomic mass is 32.2. The first-order valence-corrected chi connectivity index (χ1v) is 13.3. The molecule has 2 heterocycles. The van der Waals surface area contributed by atoms with Crippen molar-refractivity contribution in [3.63, 3.8) is 0 Å². The molecule has 2 aromatic rings. The van der Waals surface area contributed by atoms with Crippen LogP contribution < -0.4 is 0 Å². The minimum atomic E-state index is -3.64. The lowest BCUT2D eigenvalue weighted by Gasteiger charge is -2.22. The van der Waals surface area contributed by atoms with Crippen LogP contribution in [-0.4, -0.2) is 67.1 Å². The first-order valence-electron chi connectivity index (χ1n) is 11.9. The number of benzene rings is 1. The van der Waals surface area contributed by atoms with Gasteiger partial charge in [0.2, 0.25) is 10.0 Å². The number of aromatic nitrogens is 1. The van der Waals surface area contributed by atoms with Crippen molar-refractivity contribution in [1.82, 2.24) is 14.2 Å². The molecule has 0 amide bonds. The van der Waals surface area contributed by atoms with Gasteiger partial charge in [-0.1, -0.05) is 19.1 Å². The zero-order chi connectivity index (χ0) is 24.9. The van der Waals surface area contributed by atoms with Gasteiger partial charge in [0.15, 0.2) is 5.78 Å². The summed E-state index contributed by atoms with van der Waals surface area (Å²) in [5, 5.41) is 0. The molecule has 3 rings (SSSR count). The van der Waals surface area contributed by atoms with Crippen LogP contribution in [-0.2, 0) is 21.3 Å². The molecule has 9 heteroatoms. The summed E-state index contributed by atoms with van der Waals surface area (Å²) in [6.45, 7) is 10.7. The highest BCUT2D eigenvalue weighted by Crippen LogP contribution is 2.23. The van der Waals surface area contributed by atoms with Gasteiger partial charge in [0.05, 0.1) is 11.5 Å². The fourth-order valence-corrected chi connectivity index (χ4v) is 5.81. The molecule has 1 aromatic carbocycles. The maximum atomic E-state index is 13.2. The minimum absolute atomic E-state index is 0.0262. The van der Waals surface area contributed by atoms with Gasteiger partial charge >= 0.3 is 5.97 Å². The van der Waals surface area contributed by atoms with Crippen molar-refractivity contribution in [3.8, 4) is 0 Å². The molecule has 1 aromatic heterocycles. The number of nitrogens with one attached hydrogen (secondary N) is 1. The largest absolute Gasteiger partial charge is 0.461 e. The zero-order valence-electron chi connectivity index (χ0n) is 20.5. The van der Waals surface area contributed by atoms with Gasteiger partial charge in [-0.15, -0.1) is 0 Å². The number of hydrogen-bond donors (Lipinski definition) is 1. The molecule has 0 spiro atoms. The van der Waals surface area contributed by atoms with E-state index in [0.717, 1.165) is 29.8 Å². The summed E-state index contributed by atoms with van der Waals surface area (Å²) in [5.74, 6) is -0.330. The number of hydrogen-bond acceptors (Lipinski definition) is 6. The van der Waals surface area contributed by atoms with E-state index in [4.69, 9.17) is 4.74 Å². The van der Waals surface area contributed by atoms with E-state index in [1.807, 2.05) is 20.8 Å². The lowest BCUT2D eigenvalue weighted by atomic mass is 10.1. The average Bonchev–Trinajstić information content (AvgIpc) is 2.97. The van der Waals surface area contributed by atoms with Crippen molar-refractivity contribution in [1.29, 1.82) is 0 Å². The van der Waals surface area contributed by atoms with Gasteiger partial charge in [-0.25, -0.2) is 13.2 Å². The molecule has 1 N–H and O–H groups in total. The van der Waals surface area contributed by atoms with E-state index < -0.39 is 10.0 Å². The van der Waals surface area contributed by atoms with E-state index >= 15 is 0 Å². The first-order chi connectivity index (χ1) is 16.2. The standard InChI is InChI=1S/C25H35N3O5S/c1-5-8-23(29)20-9-11-21(12-10-20)34(31,32)28-14-7-13-27(15-16-28)17-22-18(3)24(26-19(22)4)25(30)33-6-2/h9-12,26H,5-8,13-17H2,1-4H3. The number of aromatic amines is 1. The highest BCUT2D eigenvalue weighted by Gasteiger charge is 2.28. The molecule has 0 bridgehead atoms. The Morgan fingerprint density at radius 1 is 1.03 bits per heavy atom. The van der Waals surface area contributed by atoms with Crippen LogP contribution in [0.25, 0.3) is 0 Å². The quantitative estimate of drug-likeness (QED) is 0.426. The molecule has 0 radical (unpaired) electrons. The van der Waals surface area contributed by atoms with Crippen LogP contribution >= 0.6 is 0 Å². The van der Waals surface area contributed by atoms with Crippen molar-refractivity contribution in [2.24, 2.45) is 0 Å². The van der Waals surface area contributed by atoms with E-state index in [0.29, 0.717) is 56.9 Å². The van der Waals surface area contributed by atoms with Crippen LogP contribution in [0.2, 0.25) is 0 Å². The van der Waals surface area contributed by atoms with E-state index in [9.17, 15) is 18.0 Å². The molecule has 0 aliphatic carbocycles. The molecule has 1 fully saturated rings. The third kappa shape index (κ3) is 5.76. The van der Waals surface area contributed by atoms with Crippen molar-refractivity contribution in [2.45, 2.75) is 58.4 Å². The maximum Gasteiger partial charge on any atom is 0.355 e. The summed E-state index contributed by atoms with van der Waals surface area (Å²) in [6, 6.07) is 6.27. The van der Waals surface area contributed by atoms with Crippen LogP contribution in [0.5, 0.6) is 0 Å². The first kappa shape index (κ1) is 26.1. The molecule has 0 saturated carbocycles. The Morgan fingerprint density at radius 2 is 1.74 bits per heavy atom. The number of Topliss-reactive ketones (excluding diaryl/α,β-unsaturated/α-hetero) is 1. The number of H-pyrrole nitrogens is 1. The van der Waals surface area contributed by atoms with Gasteiger partial charge in [-0.05, 0) is 63.4 Å². The molecule has 0 unspecified atom stereocenters. The summed E-state index contributed by atoms with van der Waals surface area (Å²) in [4.78, 5) is 29.8. The van der Waals surface area contributed by atoms with Gasteiger partial charge in [-0.2, -0.15) is 4.31 Å². The van der Waals surface area contributed by atoms with E-state index in [1.54, 1.807) is 19.1 Å². The Labute approximate surface area is 202 Å². The Hall–Kier alpha value is -2.49. The minimum Gasteiger partial charge on any atom is -0.461 e. The fourth-order valence-electron chi connectivity index (χ4n) is 4.34. The summed E-state index contributed by atoms with van der Waals surface area (Å²) in [5.41, 5.74) is 3.87. The van der Waals surface area contributed by atoms with E-state index in [2.05, 4.69) is 9.88 Å². The lowest BCUT2D eigenvalue weighted by Crippen LogP contribution is -2.35. The smallest absolute Gasteiger partial charge is 0.355 e. The highest BCUT2D eigenvalue weighted by molar-refractivity contribution is 7.89. The second-order valence-corrected chi connectivity index (χ2v) is 10.6. The fraction of sp³-hybridized carbons (Fsp3) is 0.520. The van der Waals surface area contributed by atoms with Crippen LogP contribution in [0.15, 0.2) is 29.2 Å². The molecule has 186 valence electrons. The van der Waals surface area contributed by atoms with Crippen molar-refractivity contribution in [2.75, 3.05) is 32.8 Å².